The first-order valence-electron chi connectivity index (χ1n) is 4.27. The molecule has 0 unspecified atom stereocenters. The molecule has 0 saturated heterocycles. The zero-order valence-corrected chi connectivity index (χ0v) is 7.99. The van der Waals surface area contributed by atoms with Gasteiger partial charge in [-0.2, -0.15) is 0 Å². The number of hydrogen-bond acceptors (Lipinski definition) is 5. The molecule has 78 valence electrons. The summed E-state index contributed by atoms with van der Waals surface area (Å²) in [6.07, 6.45) is 0. The third-order valence-corrected chi connectivity index (χ3v) is 1.88. The van der Waals surface area contributed by atoms with Crippen LogP contribution >= 0.6 is 0 Å². The van der Waals surface area contributed by atoms with Crippen molar-refractivity contribution in [1.82, 2.24) is 10.2 Å². The second-order valence-electron chi connectivity index (χ2n) is 3.03. The molecule has 1 aromatic heterocycles. The van der Waals surface area contributed by atoms with E-state index in [0.29, 0.717) is 5.69 Å². The number of nitrogens with two attached hydrogens (primary N) is 1. The first kappa shape index (κ1) is 9.45. The normalized spacial score (nSPS) is 10.3. The first-order chi connectivity index (χ1) is 7.15. The van der Waals surface area contributed by atoms with Crippen molar-refractivity contribution in [1.29, 1.82) is 0 Å². The molecule has 3 N–H and O–H groups in total. The van der Waals surface area contributed by atoms with Crippen molar-refractivity contribution in [2.45, 2.75) is 6.92 Å². The fraction of sp³-hybridized carbons (Fsp3) is 0.111. The number of benzene rings is 1. The molecule has 0 atom stereocenters. The Morgan fingerprint density at radius 3 is 2.87 bits per heavy atom. The minimum atomic E-state index is -0.337. The van der Waals surface area contributed by atoms with Crippen molar-refractivity contribution >= 4 is 17.7 Å². The maximum atomic E-state index is 12.9. The van der Waals surface area contributed by atoms with Crippen LogP contribution in [0.4, 0.5) is 22.1 Å². The van der Waals surface area contributed by atoms with Crippen molar-refractivity contribution in [2.75, 3.05) is 11.1 Å². The number of nitrogen functional groups attached to an aromatic ring is 1. The Balaban J connectivity index is 2.27. The van der Waals surface area contributed by atoms with Crippen molar-refractivity contribution in [3.63, 3.8) is 0 Å². The van der Waals surface area contributed by atoms with Crippen LogP contribution in [0.2, 0.25) is 0 Å². The molecule has 15 heavy (non-hydrogen) atoms. The lowest BCUT2D eigenvalue weighted by Crippen LogP contribution is -1.94. The molecule has 1 aromatic carbocycles. The van der Waals surface area contributed by atoms with Crippen LogP contribution in [0.15, 0.2) is 22.6 Å². The summed E-state index contributed by atoms with van der Waals surface area (Å²) < 4.78 is 17.8. The third-order valence-electron chi connectivity index (χ3n) is 1.88. The zero-order chi connectivity index (χ0) is 10.8. The van der Waals surface area contributed by atoms with Crippen LogP contribution in [-0.2, 0) is 0 Å². The highest BCUT2D eigenvalue weighted by atomic mass is 19.1. The molecule has 0 aliphatic carbocycles. The number of aryl methyl sites for hydroxylation is 1. The molecular formula is C9H9FN4O. The van der Waals surface area contributed by atoms with Crippen molar-refractivity contribution in [3.05, 3.63) is 29.6 Å². The smallest absolute Gasteiger partial charge is 0.321 e. The van der Waals surface area contributed by atoms with Gasteiger partial charge in [-0.25, -0.2) is 4.39 Å². The van der Waals surface area contributed by atoms with Crippen LogP contribution in [0, 0.1) is 12.7 Å². The molecule has 0 radical (unpaired) electrons. The Morgan fingerprint density at radius 2 is 2.20 bits per heavy atom. The number of aromatic nitrogens is 2. The van der Waals surface area contributed by atoms with Crippen molar-refractivity contribution < 1.29 is 8.81 Å². The minimum Gasteiger partial charge on any atom is -0.389 e. The average Bonchev–Trinajstić information content (AvgIpc) is 2.58. The molecule has 0 spiro atoms. The summed E-state index contributed by atoms with van der Waals surface area (Å²) in [6, 6.07) is 4.48. The van der Waals surface area contributed by atoms with Gasteiger partial charge < -0.3 is 15.5 Å². The van der Waals surface area contributed by atoms with Gasteiger partial charge in [0.2, 0.25) is 0 Å². The first-order valence-corrected chi connectivity index (χ1v) is 4.27. The van der Waals surface area contributed by atoms with E-state index in [1.165, 1.54) is 12.1 Å². The number of nitrogens with zero attached hydrogens (tertiary/aromatic N) is 2. The summed E-state index contributed by atoms with van der Waals surface area (Å²) in [6.45, 7) is 1.83. The highest BCUT2D eigenvalue weighted by Gasteiger charge is 2.05. The fourth-order valence-electron chi connectivity index (χ4n) is 1.13. The molecule has 0 aliphatic rings. The SMILES string of the molecule is Cc1ccc(F)cc1Nc1nnc(N)o1. The largest absolute Gasteiger partial charge is 0.389 e. The van der Waals surface area contributed by atoms with Gasteiger partial charge in [-0.3, -0.25) is 0 Å². The number of rotatable bonds is 2. The number of nitrogens with one attached hydrogen (secondary N) is 1. The quantitative estimate of drug-likeness (QED) is 0.787. The molecule has 6 heteroatoms. The molecule has 0 saturated carbocycles. The van der Waals surface area contributed by atoms with Crippen LogP contribution in [0.3, 0.4) is 0 Å². The van der Waals surface area contributed by atoms with E-state index in [0.717, 1.165) is 5.56 Å². The van der Waals surface area contributed by atoms with Crippen molar-refractivity contribution in [2.24, 2.45) is 0 Å². The summed E-state index contributed by atoms with van der Waals surface area (Å²) in [4.78, 5) is 0. The van der Waals surface area contributed by atoms with Gasteiger partial charge in [-0.1, -0.05) is 16.3 Å². The van der Waals surface area contributed by atoms with Crippen LogP contribution < -0.4 is 11.1 Å². The lowest BCUT2D eigenvalue weighted by molar-refractivity contribution is 0.592. The topological polar surface area (TPSA) is 77.0 Å². The minimum absolute atomic E-state index is 0.0356. The molecule has 0 amide bonds. The van der Waals surface area contributed by atoms with Crippen LogP contribution in [0.25, 0.3) is 0 Å². The van der Waals surface area contributed by atoms with E-state index in [9.17, 15) is 4.39 Å². The van der Waals surface area contributed by atoms with Gasteiger partial charge in [-0.15, -0.1) is 0 Å². The number of anilines is 3. The van der Waals surface area contributed by atoms with Crippen molar-refractivity contribution in [3.8, 4) is 0 Å². The van der Waals surface area contributed by atoms with E-state index in [-0.39, 0.29) is 17.8 Å². The summed E-state index contributed by atoms with van der Waals surface area (Å²) in [5.74, 6) is -0.337. The molecule has 2 rings (SSSR count). The Bertz CT molecular complexity index is 483. The number of hydrogen-bond donors (Lipinski definition) is 2. The Labute approximate surface area is 85.1 Å². The maximum Gasteiger partial charge on any atom is 0.321 e. The van der Waals surface area contributed by atoms with Crippen LogP contribution in [0.1, 0.15) is 5.56 Å². The van der Waals surface area contributed by atoms with Gasteiger partial charge in [0.05, 0.1) is 0 Å². The van der Waals surface area contributed by atoms with Gasteiger partial charge in [0.25, 0.3) is 0 Å². The molecular weight excluding hydrogens is 199 g/mol. The van der Waals surface area contributed by atoms with Gasteiger partial charge in [0.15, 0.2) is 0 Å². The zero-order valence-electron chi connectivity index (χ0n) is 7.99. The van der Waals surface area contributed by atoms with E-state index < -0.39 is 0 Å². The third kappa shape index (κ3) is 2.04. The van der Waals surface area contributed by atoms with Gasteiger partial charge in [-0.05, 0) is 24.6 Å². The second kappa shape index (κ2) is 3.56. The number of halogens is 1. The molecule has 5 nitrogen and oxygen atoms in total. The Kier molecular flexibility index (Phi) is 2.24. The molecule has 1 heterocycles. The monoisotopic (exact) mass is 208 g/mol. The summed E-state index contributed by atoms with van der Waals surface area (Å²) in [5.41, 5.74) is 6.68. The van der Waals surface area contributed by atoms with Gasteiger partial charge >= 0.3 is 12.0 Å². The highest BCUT2D eigenvalue weighted by molar-refractivity contribution is 5.57. The maximum absolute atomic E-state index is 12.9. The van der Waals surface area contributed by atoms with E-state index in [1.54, 1.807) is 6.07 Å². The molecule has 0 fully saturated rings. The second-order valence-corrected chi connectivity index (χ2v) is 3.03. The summed E-state index contributed by atoms with van der Waals surface area (Å²) >= 11 is 0. The molecule has 2 aromatic rings. The summed E-state index contributed by atoms with van der Waals surface area (Å²) in [7, 11) is 0. The van der Waals surface area contributed by atoms with E-state index in [4.69, 9.17) is 10.2 Å². The van der Waals surface area contributed by atoms with Gasteiger partial charge in [0.1, 0.15) is 5.82 Å². The summed E-state index contributed by atoms with van der Waals surface area (Å²) in [5, 5.41) is 9.85. The van der Waals surface area contributed by atoms with E-state index >= 15 is 0 Å². The van der Waals surface area contributed by atoms with Crippen LogP contribution in [0.5, 0.6) is 0 Å². The van der Waals surface area contributed by atoms with Gasteiger partial charge in [0, 0.05) is 5.69 Å². The Morgan fingerprint density at radius 1 is 1.40 bits per heavy atom. The lowest BCUT2D eigenvalue weighted by Gasteiger charge is -2.04. The fourth-order valence-corrected chi connectivity index (χ4v) is 1.13. The molecule has 0 bridgehead atoms. The standard InChI is InChI=1S/C9H9FN4O/c1-5-2-3-6(10)4-7(5)12-9-14-13-8(11)15-9/h2-4H,1H3,(H2,11,13)(H,12,14). The predicted octanol–water partition coefficient (Wildman–Crippen LogP) is 1.84. The molecule has 0 aliphatic heterocycles. The lowest BCUT2D eigenvalue weighted by atomic mass is 10.2. The van der Waals surface area contributed by atoms with Crippen LogP contribution in [-0.4, -0.2) is 10.2 Å². The predicted molar refractivity (Wildman–Crippen MR) is 53.1 cm³/mol. The van der Waals surface area contributed by atoms with E-state index in [1.807, 2.05) is 6.92 Å². The van der Waals surface area contributed by atoms with E-state index in [2.05, 4.69) is 15.5 Å². The average molecular weight is 208 g/mol. The highest BCUT2D eigenvalue weighted by Crippen LogP contribution is 2.20. The Hall–Kier alpha value is -2.11.